The summed E-state index contributed by atoms with van der Waals surface area (Å²) >= 11 is 0. The molecule has 1 aliphatic heterocycles. The number of hydrogen-bond acceptors (Lipinski definition) is 7. The highest BCUT2D eigenvalue weighted by atomic mass is 32.2. The number of ether oxygens (including phenoxy) is 1. The van der Waals surface area contributed by atoms with Crippen molar-refractivity contribution in [2.75, 3.05) is 39.8 Å². The largest absolute Gasteiger partial charge is 0.508 e. The van der Waals surface area contributed by atoms with E-state index in [2.05, 4.69) is 5.32 Å². The molecule has 1 aromatic rings. The second-order valence-electron chi connectivity index (χ2n) is 6.82. The molecule has 1 fully saturated rings. The minimum Gasteiger partial charge on any atom is -0.508 e. The van der Waals surface area contributed by atoms with Crippen LogP contribution in [0.2, 0.25) is 0 Å². The third-order valence-corrected chi connectivity index (χ3v) is 7.00. The van der Waals surface area contributed by atoms with Gasteiger partial charge in [0.25, 0.3) is 5.91 Å². The van der Waals surface area contributed by atoms with Gasteiger partial charge in [0, 0.05) is 38.3 Å². The fraction of sp³-hybridized carbons (Fsp3) is 0.556. The van der Waals surface area contributed by atoms with E-state index >= 15 is 0 Å². The van der Waals surface area contributed by atoms with Crippen LogP contribution < -0.4 is 5.32 Å². The fourth-order valence-corrected chi connectivity index (χ4v) is 4.24. The van der Waals surface area contributed by atoms with Crippen molar-refractivity contribution in [3.63, 3.8) is 0 Å². The number of carbonyl (C=O) groups excluding carboxylic acids is 2. The smallest absolute Gasteiger partial charge is 0.324 e. The Bertz CT molecular complexity index is 786. The molecule has 1 amide bonds. The Labute approximate surface area is 165 Å². The molecule has 156 valence electrons. The van der Waals surface area contributed by atoms with Crippen LogP contribution in [0.25, 0.3) is 0 Å². The van der Waals surface area contributed by atoms with Crippen molar-refractivity contribution in [3.05, 3.63) is 29.8 Å². The van der Waals surface area contributed by atoms with E-state index in [1.54, 1.807) is 13.8 Å². The molecular weight excluding hydrogens is 386 g/mol. The number of piperazine rings is 1. The maximum Gasteiger partial charge on any atom is 0.324 e. The van der Waals surface area contributed by atoms with E-state index in [-0.39, 0.29) is 31.3 Å². The van der Waals surface area contributed by atoms with Gasteiger partial charge >= 0.3 is 5.97 Å². The summed E-state index contributed by atoms with van der Waals surface area (Å²) in [6, 6.07) is 5.05. The summed E-state index contributed by atoms with van der Waals surface area (Å²) in [6.07, 6.45) is 0. The zero-order chi connectivity index (χ0) is 20.9. The number of phenolic OH excluding ortho intramolecular Hbond substituents is 1. The lowest BCUT2D eigenvalue weighted by molar-refractivity contribution is -0.147. The lowest BCUT2D eigenvalue weighted by Crippen LogP contribution is -2.57. The predicted molar refractivity (Wildman–Crippen MR) is 103 cm³/mol. The molecule has 0 aliphatic carbocycles. The monoisotopic (exact) mass is 413 g/mol. The van der Waals surface area contributed by atoms with Crippen molar-refractivity contribution in [3.8, 4) is 5.75 Å². The molecule has 0 aromatic heterocycles. The molecule has 2 N–H and O–H groups in total. The van der Waals surface area contributed by atoms with Crippen molar-refractivity contribution in [1.29, 1.82) is 0 Å². The van der Waals surface area contributed by atoms with Crippen LogP contribution in [0.5, 0.6) is 5.75 Å². The molecule has 9 nitrogen and oxygen atoms in total. The maximum absolute atomic E-state index is 12.3. The molecule has 2 rings (SSSR count). The minimum atomic E-state index is -3.34. The lowest BCUT2D eigenvalue weighted by Gasteiger charge is -2.38. The first kappa shape index (κ1) is 22.1. The molecule has 1 saturated heterocycles. The highest BCUT2D eigenvalue weighted by molar-refractivity contribution is 7.89. The normalized spacial score (nSPS) is 17.3. The quantitative estimate of drug-likeness (QED) is 0.605. The number of phenols is 1. The van der Waals surface area contributed by atoms with Gasteiger partial charge in [-0.15, -0.1) is 0 Å². The van der Waals surface area contributed by atoms with Gasteiger partial charge in [0.05, 0.1) is 12.4 Å². The van der Waals surface area contributed by atoms with Crippen molar-refractivity contribution in [2.24, 2.45) is 0 Å². The van der Waals surface area contributed by atoms with Crippen LogP contribution in [-0.4, -0.2) is 85.7 Å². The standard InChI is InChI=1S/C18H27N3O6S/c1-13(2)28(25,26)21-10-8-20(9-11-21)16(18(24)27-3)12-19-17(23)14-4-6-15(22)7-5-14/h4-7,13,16,22H,8-12H2,1-3H3,(H,19,23)/t16-/m0/s1. The lowest BCUT2D eigenvalue weighted by atomic mass is 10.1. The average molecular weight is 413 g/mol. The van der Waals surface area contributed by atoms with Crippen LogP contribution in [0, 0.1) is 0 Å². The van der Waals surface area contributed by atoms with E-state index in [4.69, 9.17) is 4.74 Å². The summed E-state index contributed by atoms with van der Waals surface area (Å²) in [6.45, 7) is 4.58. The summed E-state index contributed by atoms with van der Waals surface area (Å²) in [5.41, 5.74) is 0.356. The van der Waals surface area contributed by atoms with Gasteiger partial charge in [-0.1, -0.05) is 0 Å². The van der Waals surface area contributed by atoms with Gasteiger partial charge in [-0.3, -0.25) is 14.5 Å². The van der Waals surface area contributed by atoms with Crippen molar-refractivity contribution < 1.29 is 27.9 Å². The number of hydrogen-bond donors (Lipinski definition) is 2. The van der Waals surface area contributed by atoms with Crippen LogP contribution >= 0.6 is 0 Å². The number of nitrogens with one attached hydrogen (secondary N) is 1. The van der Waals surface area contributed by atoms with Gasteiger partial charge in [-0.05, 0) is 38.1 Å². The molecule has 28 heavy (non-hydrogen) atoms. The van der Waals surface area contributed by atoms with Crippen LogP contribution in [0.1, 0.15) is 24.2 Å². The number of amides is 1. The van der Waals surface area contributed by atoms with Crippen LogP contribution in [0.15, 0.2) is 24.3 Å². The number of benzene rings is 1. The average Bonchev–Trinajstić information content (AvgIpc) is 2.68. The van der Waals surface area contributed by atoms with Crippen molar-refractivity contribution in [2.45, 2.75) is 25.1 Å². The number of carbonyl (C=O) groups is 2. The van der Waals surface area contributed by atoms with Gasteiger partial charge in [0.1, 0.15) is 11.8 Å². The molecule has 10 heteroatoms. The first-order chi connectivity index (χ1) is 13.2. The van der Waals surface area contributed by atoms with Crippen LogP contribution in [0.3, 0.4) is 0 Å². The Balaban J connectivity index is 2.00. The van der Waals surface area contributed by atoms with Gasteiger partial charge in [0.15, 0.2) is 0 Å². The summed E-state index contributed by atoms with van der Waals surface area (Å²) in [7, 11) is -2.07. The molecule has 0 spiro atoms. The molecular formula is C18H27N3O6S. The minimum absolute atomic E-state index is 0.0311. The summed E-state index contributed by atoms with van der Waals surface area (Å²) in [5.74, 6) is -0.820. The van der Waals surface area contributed by atoms with Crippen LogP contribution in [-0.2, 0) is 19.6 Å². The number of esters is 1. The number of rotatable bonds is 7. The number of nitrogens with zero attached hydrogens (tertiary/aromatic N) is 2. The fourth-order valence-electron chi connectivity index (χ4n) is 2.97. The van der Waals surface area contributed by atoms with E-state index in [9.17, 15) is 23.1 Å². The molecule has 0 unspecified atom stereocenters. The Morgan fingerprint density at radius 3 is 2.21 bits per heavy atom. The molecule has 1 atom stereocenters. The zero-order valence-corrected chi connectivity index (χ0v) is 17.1. The second kappa shape index (κ2) is 9.35. The molecule has 0 bridgehead atoms. The Morgan fingerprint density at radius 2 is 1.71 bits per heavy atom. The molecule has 0 saturated carbocycles. The summed E-state index contributed by atoms with van der Waals surface area (Å²) in [5, 5.41) is 11.5. The Kier molecular flexibility index (Phi) is 7.39. The summed E-state index contributed by atoms with van der Waals surface area (Å²) in [4.78, 5) is 26.3. The van der Waals surface area contributed by atoms with Crippen molar-refractivity contribution in [1.82, 2.24) is 14.5 Å². The van der Waals surface area contributed by atoms with Crippen LogP contribution in [0.4, 0.5) is 0 Å². The van der Waals surface area contributed by atoms with Crippen molar-refractivity contribution >= 4 is 21.9 Å². The topological polar surface area (TPSA) is 116 Å². The van der Waals surface area contributed by atoms with E-state index in [1.807, 2.05) is 4.90 Å². The third kappa shape index (κ3) is 5.21. The number of aromatic hydroxyl groups is 1. The molecule has 1 aliphatic rings. The summed E-state index contributed by atoms with van der Waals surface area (Å²) < 4.78 is 30.9. The molecule has 0 radical (unpaired) electrons. The third-order valence-electron chi connectivity index (χ3n) is 4.73. The van der Waals surface area contributed by atoms with Gasteiger partial charge in [0.2, 0.25) is 10.0 Å². The van der Waals surface area contributed by atoms with Gasteiger partial charge in [-0.25, -0.2) is 8.42 Å². The van der Waals surface area contributed by atoms with E-state index in [0.29, 0.717) is 18.7 Å². The zero-order valence-electron chi connectivity index (χ0n) is 16.3. The first-order valence-corrected chi connectivity index (χ1v) is 10.5. The van der Waals surface area contributed by atoms with E-state index in [1.165, 1.54) is 35.7 Å². The Hall–Kier alpha value is -2.17. The maximum atomic E-state index is 12.3. The van der Waals surface area contributed by atoms with Gasteiger partial charge < -0.3 is 15.2 Å². The molecule has 1 aromatic carbocycles. The first-order valence-electron chi connectivity index (χ1n) is 9.05. The SMILES string of the molecule is COC(=O)[C@H](CNC(=O)c1ccc(O)cc1)N1CCN(S(=O)(=O)C(C)C)CC1. The number of sulfonamides is 1. The van der Waals surface area contributed by atoms with E-state index < -0.39 is 27.3 Å². The highest BCUT2D eigenvalue weighted by Crippen LogP contribution is 2.15. The highest BCUT2D eigenvalue weighted by Gasteiger charge is 2.34. The Morgan fingerprint density at radius 1 is 1.14 bits per heavy atom. The van der Waals surface area contributed by atoms with Gasteiger partial charge in [-0.2, -0.15) is 4.31 Å². The van der Waals surface area contributed by atoms with E-state index in [0.717, 1.165) is 0 Å². The number of methoxy groups -OCH3 is 1. The predicted octanol–water partition coefficient (Wildman–Crippen LogP) is 0.0194. The second-order valence-corrected chi connectivity index (χ2v) is 9.31. The molecule has 1 heterocycles.